The maximum Gasteiger partial charge on any atom is 0.407 e. The minimum atomic E-state index is -1.53. The van der Waals surface area contributed by atoms with Gasteiger partial charge in [0.2, 0.25) is 0 Å². The second-order valence-corrected chi connectivity index (χ2v) is 5.62. The van der Waals surface area contributed by atoms with Crippen molar-refractivity contribution in [1.29, 1.82) is 0 Å². The molecule has 1 aromatic carbocycles. The molecule has 1 heterocycles. The molecule has 114 valence electrons. The van der Waals surface area contributed by atoms with E-state index in [2.05, 4.69) is 0 Å². The normalized spacial score (nSPS) is 34.8. The van der Waals surface area contributed by atoms with E-state index < -0.39 is 35.6 Å². The van der Waals surface area contributed by atoms with Gasteiger partial charge in [-0.1, -0.05) is 12.1 Å². The largest absolute Gasteiger partial charge is 0.485 e. The molecule has 0 radical (unpaired) electrons. The van der Waals surface area contributed by atoms with Crippen LogP contribution in [0.25, 0.3) is 0 Å². The Bertz CT molecular complexity index is 568. The van der Waals surface area contributed by atoms with Gasteiger partial charge in [0.05, 0.1) is 6.54 Å². The lowest BCUT2D eigenvalue weighted by Gasteiger charge is -2.28. The standard InChI is InChI=1S/C14H16FNO5/c15-9-3-1-2-4-10(9)21-11-5-8-6-16(13(18)19)7-14(8,20)12(11)17/h1-4,8,11-12,17,20H,5-7H2,(H,18,19). The number of ether oxygens (including phenoxy) is 1. The molecule has 6 nitrogen and oxygen atoms in total. The molecule has 1 saturated carbocycles. The lowest BCUT2D eigenvalue weighted by molar-refractivity contribution is -0.0859. The first kappa shape index (κ1) is 14.1. The highest BCUT2D eigenvalue weighted by molar-refractivity contribution is 5.65. The molecule has 3 rings (SSSR count). The number of benzene rings is 1. The quantitative estimate of drug-likeness (QED) is 0.747. The first-order valence-electron chi connectivity index (χ1n) is 6.71. The zero-order valence-corrected chi connectivity index (χ0v) is 11.1. The Balaban J connectivity index is 1.75. The summed E-state index contributed by atoms with van der Waals surface area (Å²) in [5.41, 5.74) is -1.53. The van der Waals surface area contributed by atoms with Gasteiger partial charge in [-0.2, -0.15) is 0 Å². The topological polar surface area (TPSA) is 90.2 Å². The highest BCUT2D eigenvalue weighted by atomic mass is 19.1. The van der Waals surface area contributed by atoms with Crippen LogP contribution in [-0.2, 0) is 0 Å². The molecule has 0 aromatic heterocycles. The molecule has 2 aliphatic rings. The number of aliphatic hydroxyl groups excluding tert-OH is 1. The second kappa shape index (κ2) is 4.85. The zero-order valence-electron chi connectivity index (χ0n) is 11.1. The number of rotatable bonds is 2. The average molecular weight is 297 g/mol. The van der Waals surface area contributed by atoms with Crippen LogP contribution in [0.3, 0.4) is 0 Å². The first-order chi connectivity index (χ1) is 9.91. The number of hydrogen-bond donors (Lipinski definition) is 3. The van der Waals surface area contributed by atoms with E-state index in [0.717, 1.165) is 4.90 Å². The Hall–Kier alpha value is -1.86. The van der Waals surface area contributed by atoms with Gasteiger partial charge in [-0.05, 0) is 18.6 Å². The van der Waals surface area contributed by atoms with Gasteiger partial charge < -0.3 is 25.0 Å². The van der Waals surface area contributed by atoms with Crippen molar-refractivity contribution in [2.24, 2.45) is 5.92 Å². The summed E-state index contributed by atoms with van der Waals surface area (Å²) in [6, 6.07) is 5.84. The van der Waals surface area contributed by atoms with Crippen LogP contribution in [0.2, 0.25) is 0 Å². The Labute approximate surface area is 120 Å². The van der Waals surface area contributed by atoms with Crippen molar-refractivity contribution in [3.05, 3.63) is 30.1 Å². The Morgan fingerprint density at radius 2 is 2.14 bits per heavy atom. The number of fused-ring (bicyclic) bond motifs is 1. The number of β-amino-alcohol motifs (C(OH)–C–C–N with tert-alkyl or cyclic N) is 1. The Kier molecular flexibility index (Phi) is 3.26. The van der Waals surface area contributed by atoms with Gasteiger partial charge in [-0.3, -0.25) is 0 Å². The fourth-order valence-electron chi connectivity index (χ4n) is 3.23. The fourth-order valence-corrected chi connectivity index (χ4v) is 3.23. The van der Waals surface area contributed by atoms with Crippen LogP contribution < -0.4 is 4.74 Å². The molecule has 0 spiro atoms. The molecule has 2 fully saturated rings. The summed E-state index contributed by atoms with van der Waals surface area (Å²) < 4.78 is 19.0. The summed E-state index contributed by atoms with van der Waals surface area (Å²) in [6.07, 6.45) is -2.87. The van der Waals surface area contributed by atoms with E-state index in [9.17, 15) is 19.4 Å². The van der Waals surface area contributed by atoms with E-state index in [-0.39, 0.29) is 25.3 Å². The van der Waals surface area contributed by atoms with E-state index in [1.165, 1.54) is 18.2 Å². The number of carbonyl (C=O) groups is 1. The summed E-state index contributed by atoms with van der Waals surface area (Å²) in [7, 11) is 0. The lowest BCUT2D eigenvalue weighted by Crippen LogP contribution is -2.49. The Morgan fingerprint density at radius 3 is 2.76 bits per heavy atom. The maximum atomic E-state index is 13.6. The number of halogens is 1. The number of hydrogen-bond acceptors (Lipinski definition) is 4. The van der Waals surface area contributed by atoms with E-state index in [0.29, 0.717) is 0 Å². The fraction of sp³-hybridized carbons (Fsp3) is 0.500. The molecule has 21 heavy (non-hydrogen) atoms. The maximum absolute atomic E-state index is 13.6. The van der Waals surface area contributed by atoms with E-state index in [1.54, 1.807) is 6.07 Å². The molecule has 1 saturated heterocycles. The smallest absolute Gasteiger partial charge is 0.407 e. The monoisotopic (exact) mass is 297 g/mol. The number of carboxylic acid groups (broad SMARTS) is 1. The van der Waals surface area contributed by atoms with Gasteiger partial charge in [0.15, 0.2) is 11.6 Å². The highest BCUT2D eigenvalue weighted by Gasteiger charge is 2.60. The van der Waals surface area contributed by atoms with Gasteiger partial charge in [0.1, 0.15) is 17.8 Å². The van der Waals surface area contributed by atoms with E-state index >= 15 is 0 Å². The summed E-state index contributed by atoms with van der Waals surface area (Å²) in [4.78, 5) is 12.0. The summed E-state index contributed by atoms with van der Waals surface area (Å²) in [5, 5.41) is 29.7. The van der Waals surface area contributed by atoms with Crippen molar-refractivity contribution in [2.45, 2.75) is 24.2 Å². The molecule has 3 N–H and O–H groups in total. The van der Waals surface area contributed by atoms with E-state index in [1.807, 2.05) is 0 Å². The predicted molar refractivity (Wildman–Crippen MR) is 69.5 cm³/mol. The Morgan fingerprint density at radius 1 is 1.43 bits per heavy atom. The van der Waals surface area contributed by atoms with Crippen molar-refractivity contribution in [3.63, 3.8) is 0 Å². The second-order valence-electron chi connectivity index (χ2n) is 5.62. The minimum Gasteiger partial charge on any atom is -0.485 e. The number of aliphatic hydroxyl groups is 2. The minimum absolute atomic E-state index is 0.0141. The summed E-state index contributed by atoms with van der Waals surface area (Å²) >= 11 is 0. The number of likely N-dealkylation sites (tertiary alicyclic amines) is 1. The van der Waals surface area contributed by atoms with Gasteiger partial charge in [-0.15, -0.1) is 0 Å². The molecule has 7 heteroatoms. The lowest BCUT2D eigenvalue weighted by atomic mass is 9.93. The SMILES string of the molecule is O=C(O)N1CC2CC(Oc3ccccc3F)C(O)C2(O)C1. The number of amides is 1. The third-order valence-corrected chi connectivity index (χ3v) is 4.36. The predicted octanol–water partition coefficient (Wildman–Crippen LogP) is 0.679. The number of nitrogens with zero attached hydrogens (tertiary/aromatic N) is 1. The number of para-hydroxylation sites is 1. The highest BCUT2D eigenvalue weighted by Crippen LogP contribution is 2.43. The van der Waals surface area contributed by atoms with Gasteiger partial charge in [0, 0.05) is 12.5 Å². The molecule has 1 aromatic rings. The molecule has 4 unspecified atom stereocenters. The van der Waals surface area contributed by atoms with E-state index in [4.69, 9.17) is 9.84 Å². The summed E-state index contributed by atoms with van der Waals surface area (Å²) in [5.74, 6) is -0.943. The van der Waals surface area contributed by atoms with Crippen LogP contribution in [0.4, 0.5) is 9.18 Å². The molecule has 1 amide bonds. The average Bonchev–Trinajstić information content (AvgIpc) is 2.88. The van der Waals surface area contributed by atoms with Crippen LogP contribution in [0.15, 0.2) is 24.3 Å². The molecule has 0 bridgehead atoms. The first-order valence-corrected chi connectivity index (χ1v) is 6.71. The van der Waals surface area contributed by atoms with Crippen molar-refractivity contribution in [2.75, 3.05) is 13.1 Å². The van der Waals surface area contributed by atoms with Crippen LogP contribution in [-0.4, -0.2) is 57.2 Å². The van der Waals surface area contributed by atoms with Crippen molar-refractivity contribution in [3.8, 4) is 5.75 Å². The molecule has 4 atom stereocenters. The third-order valence-electron chi connectivity index (χ3n) is 4.36. The van der Waals surface area contributed by atoms with Crippen LogP contribution >= 0.6 is 0 Å². The molecule has 1 aliphatic carbocycles. The molecular formula is C14H16FNO5. The third kappa shape index (κ3) is 2.22. The van der Waals surface area contributed by atoms with Crippen molar-refractivity contribution < 1.29 is 29.2 Å². The van der Waals surface area contributed by atoms with Gasteiger partial charge >= 0.3 is 6.09 Å². The van der Waals surface area contributed by atoms with Crippen LogP contribution in [0, 0.1) is 11.7 Å². The molecule has 1 aliphatic heterocycles. The van der Waals surface area contributed by atoms with Crippen LogP contribution in [0.1, 0.15) is 6.42 Å². The molecular weight excluding hydrogens is 281 g/mol. The van der Waals surface area contributed by atoms with Gasteiger partial charge in [0.25, 0.3) is 0 Å². The summed E-state index contributed by atoms with van der Waals surface area (Å²) in [6.45, 7) is -0.0225. The van der Waals surface area contributed by atoms with Crippen LogP contribution in [0.5, 0.6) is 5.75 Å². The van der Waals surface area contributed by atoms with Gasteiger partial charge in [-0.25, -0.2) is 9.18 Å². The van der Waals surface area contributed by atoms with Crippen molar-refractivity contribution in [1.82, 2.24) is 4.90 Å². The zero-order chi connectivity index (χ0) is 15.2. The van der Waals surface area contributed by atoms with Crippen molar-refractivity contribution >= 4 is 6.09 Å².